The predicted octanol–water partition coefficient (Wildman–Crippen LogP) is 2.76. The number of rotatable bonds is 2. The van der Waals surface area contributed by atoms with E-state index in [0.717, 1.165) is 16.3 Å². The van der Waals surface area contributed by atoms with Gasteiger partial charge in [-0.25, -0.2) is 8.42 Å². The molecule has 0 radical (unpaired) electrons. The van der Waals surface area contributed by atoms with Gasteiger partial charge in [-0.3, -0.25) is 4.98 Å². The molecular formula is C16H23Cl2N3O2S. The van der Waals surface area contributed by atoms with Gasteiger partial charge in [-0.2, -0.15) is 4.31 Å². The lowest BCUT2D eigenvalue weighted by atomic mass is 10.1. The van der Waals surface area contributed by atoms with Gasteiger partial charge in [0.25, 0.3) is 0 Å². The number of nitrogens with one attached hydrogen (secondary N) is 1. The minimum atomic E-state index is -3.53. The molecule has 2 unspecified atom stereocenters. The summed E-state index contributed by atoms with van der Waals surface area (Å²) >= 11 is 0. The summed E-state index contributed by atoms with van der Waals surface area (Å²) < 4.78 is 28.0. The second kappa shape index (κ2) is 7.97. The van der Waals surface area contributed by atoms with Gasteiger partial charge in [-0.05, 0) is 32.4 Å². The molecule has 134 valence electrons. The molecule has 0 aliphatic carbocycles. The number of pyridine rings is 1. The van der Waals surface area contributed by atoms with Crippen LogP contribution in [0.1, 0.15) is 19.4 Å². The first kappa shape index (κ1) is 21.1. The molecular weight excluding hydrogens is 369 g/mol. The molecule has 8 heteroatoms. The topological polar surface area (TPSA) is 62.3 Å². The Bertz CT molecular complexity index is 809. The van der Waals surface area contributed by atoms with E-state index in [4.69, 9.17) is 0 Å². The molecule has 1 aromatic heterocycles. The number of halogens is 2. The summed E-state index contributed by atoms with van der Waals surface area (Å²) in [5, 5.41) is 4.95. The lowest BCUT2D eigenvalue weighted by molar-refractivity contribution is 0.245. The minimum absolute atomic E-state index is 0. The summed E-state index contributed by atoms with van der Waals surface area (Å²) in [5.74, 6) is 0. The number of aromatic nitrogens is 1. The largest absolute Gasteiger partial charge is 0.311 e. The molecule has 24 heavy (non-hydrogen) atoms. The molecule has 0 amide bonds. The van der Waals surface area contributed by atoms with Crippen LogP contribution in [0.5, 0.6) is 0 Å². The van der Waals surface area contributed by atoms with Crippen molar-refractivity contribution in [2.24, 2.45) is 0 Å². The summed E-state index contributed by atoms with van der Waals surface area (Å²) in [7, 11) is -3.53. The number of hydrogen-bond donors (Lipinski definition) is 1. The zero-order valence-corrected chi connectivity index (χ0v) is 16.3. The van der Waals surface area contributed by atoms with Gasteiger partial charge in [-0.15, -0.1) is 24.8 Å². The fourth-order valence-electron chi connectivity index (χ4n) is 3.04. The number of nitrogens with zero attached hydrogens (tertiary/aromatic N) is 2. The quantitative estimate of drug-likeness (QED) is 0.854. The molecule has 1 aliphatic rings. The van der Waals surface area contributed by atoms with Gasteiger partial charge in [0.1, 0.15) is 0 Å². The van der Waals surface area contributed by atoms with Crippen LogP contribution in [-0.2, 0) is 10.0 Å². The van der Waals surface area contributed by atoms with Crippen LogP contribution in [0.2, 0.25) is 0 Å². The van der Waals surface area contributed by atoms with Crippen LogP contribution in [0.15, 0.2) is 35.5 Å². The third kappa shape index (κ3) is 3.68. The third-order valence-electron chi connectivity index (χ3n) is 4.23. The van der Waals surface area contributed by atoms with Crippen molar-refractivity contribution in [1.82, 2.24) is 14.6 Å². The van der Waals surface area contributed by atoms with Crippen molar-refractivity contribution in [1.29, 1.82) is 0 Å². The monoisotopic (exact) mass is 391 g/mol. The maximum atomic E-state index is 13.2. The first-order valence-electron chi connectivity index (χ1n) is 7.50. The Balaban J connectivity index is 0.00000144. The third-order valence-corrected chi connectivity index (χ3v) is 6.25. The van der Waals surface area contributed by atoms with Gasteiger partial charge in [0.05, 0.1) is 4.90 Å². The molecule has 2 aromatic rings. The van der Waals surface area contributed by atoms with Crippen molar-refractivity contribution in [3.63, 3.8) is 0 Å². The highest BCUT2D eigenvalue weighted by atomic mass is 35.5. The Morgan fingerprint density at radius 1 is 1.21 bits per heavy atom. The van der Waals surface area contributed by atoms with Crippen LogP contribution in [0.4, 0.5) is 0 Å². The first-order chi connectivity index (χ1) is 10.4. The Morgan fingerprint density at radius 3 is 2.62 bits per heavy atom. The van der Waals surface area contributed by atoms with Crippen LogP contribution >= 0.6 is 24.8 Å². The molecule has 0 bridgehead atoms. The first-order valence-corrected chi connectivity index (χ1v) is 8.94. The van der Waals surface area contributed by atoms with Crippen molar-refractivity contribution in [2.75, 3.05) is 13.1 Å². The molecule has 1 aromatic carbocycles. The van der Waals surface area contributed by atoms with Gasteiger partial charge in [0.15, 0.2) is 0 Å². The van der Waals surface area contributed by atoms with E-state index in [9.17, 15) is 8.42 Å². The molecule has 1 N–H and O–H groups in total. The van der Waals surface area contributed by atoms with E-state index >= 15 is 0 Å². The summed E-state index contributed by atoms with van der Waals surface area (Å²) in [5.41, 5.74) is 0.882. The molecule has 1 aliphatic heterocycles. The number of benzene rings is 1. The summed E-state index contributed by atoms with van der Waals surface area (Å²) in [6, 6.07) is 5.48. The predicted molar refractivity (Wildman–Crippen MR) is 102 cm³/mol. The van der Waals surface area contributed by atoms with E-state index in [-0.39, 0.29) is 36.9 Å². The average Bonchev–Trinajstić information content (AvgIpc) is 2.49. The standard InChI is InChI=1S/C16H21N3O2S.2ClH/c1-11-7-17-9-14-5-4-6-15(16(11)14)22(20,21)19-10-12(2)18-8-13(19)3;;/h4-7,9,12-13,18H,8,10H2,1-3H3;2*1H. The van der Waals surface area contributed by atoms with Gasteiger partial charge in [0, 0.05) is 48.3 Å². The van der Waals surface area contributed by atoms with Crippen molar-refractivity contribution in [3.8, 4) is 0 Å². The van der Waals surface area contributed by atoms with Crippen LogP contribution in [-0.4, -0.2) is 42.9 Å². The number of hydrogen-bond acceptors (Lipinski definition) is 4. The van der Waals surface area contributed by atoms with E-state index < -0.39 is 10.0 Å². The number of aryl methyl sites for hydroxylation is 1. The van der Waals surface area contributed by atoms with E-state index in [0.29, 0.717) is 18.0 Å². The second-order valence-electron chi connectivity index (χ2n) is 6.04. The maximum absolute atomic E-state index is 13.2. The average molecular weight is 392 g/mol. The maximum Gasteiger partial charge on any atom is 0.244 e. The number of piperazine rings is 1. The Hall–Kier alpha value is -0.920. The smallest absolute Gasteiger partial charge is 0.244 e. The van der Waals surface area contributed by atoms with E-state index in [1.165, 1.54) is 0 Å². The molecule has 1 fully saturated rings. The van der Waals surface area contributed by atoms with Gasteiger partial charge in [0.2, 0.25) is 10.0 Å². The highest BCUT2D eigenvalue weighted by Crippen LogP contribution is 2.29. The van der Waals surface area contributed by atoms with Crippen LogP contribution < -0.4 is 5.32 Å². The summed E-state index contributed by atoms with van der Waals surface area (Å²) in [6.45, 7) is 7.01. The fraction of sp³-hybridized carbons (Fsp3) is 0.438. The second-order valence-corrected chi connectivity index (χ2v) is 7.90. The number of fused-ring (bicyclic) bond motifs is 1. The SMILES string of the molecule is Cc1cncc2cccc(S(=O)(=O)N3CC(C)NCC3C)c12.Cl.Cl. The van der Waals surface area contributed by atoms with Crippen LogP contribution in [0.25, 0.3) is 10.8 Å². The highest BCUT2D eigenvalue weighted by Gasteiger charge is 2.34. The van der Waals surface area contributed by atoms with Crippen molar-refractivity contribution in [2.45, 2.75) is 37.8 Å². The summed E-state index contributed by atoms with van der Waals surface area (Å²) in [6.07, 6.45) is 3.43. The molecule has 1 saturated heterocycles. The molecule has 3 rings (SSSR count). The molecule has 0 spiro atoms. The lowest BCUT2D eigenvalue weighted by Crippen LogP contribution is -2.56. The summed E-state index contributed by atoms with van der Waals surface area (Å²) in [4.78, 5) is 4.54. The highest BCUT2D eigenvalue weighted by molar-refractivity contribution is 7.89. The van der Waals surface area contributed by atoms with E-state index in [1.807, 2.05) is 26.8 Å². The normalized spacial score (nSPS) is 21.8. The van der Waals surface area contributed by atoms with E-state index in [2.05, 4.69) is 10.3 Å². The zero-order chi connectivity index (χ0) is 15.9. The van der Waals surface area contributed by atoms with Gasteiger partial charge in [-0.1, -0.05) is 12.1 Å². The molecule has 2 atom stereocenters. The van der Waals surface area contributed by atoms with Gasteiger partial charge < -0.3 is 5.32 Å². The van der Waals surface area contributed by atoms with Gasteiger partial charge >= 0.3 is 0 Å². The van der Waals surface area contributed by atoms with Crippen molar-refractivity contribution in [3.05, 3.63) is 36.2 Å². The molecule has 2 heterocycles. The minimum Gasteiger partial charge on any atom is -0.311 e. The van der Waals surface area contributed by atoms with E-state index in [1.54, 1.807) is 28.8 Å². The molecule has 0 saturated carbocycles. The zero-order valence-electron chi connectivity index (χ0n) is 13.9. The Labute approximate surface area is 155 Å². The fourth-order valence-corrected chi connectivity index (χ4v) is 5.04. The molecule has 5 nitrogen and oxygen atoms in total. The Morgan fingerprint density at radius 2 is 1.92 bits per heavy atom. The van der Waals surface area contributed by atoms with Crippen LogP contribution in [0, 0.1) is 6.92 Å². The Kier molecular flexibility index (Phi) is 7.02. The number of sulfonamides is 1. The van der Waals surface area contributed by atoms with Crippen LogP contribution in [0.3, 0.4) is 0 Å². The lowest BCUT2D eigenvalue weighted by Gasteiger charge is -2.36. The van der Waals surface area contributed by atoms with Crippen molar-refractivity contribution >= 4 is 45.6 Å². The van der Waals surface area contributed by atoms with Crippen molar-refractivity contribution < 1.29 is 8.42 Å².